The summed E-state index contributed by atoms with van der Waals surface area (Å²) in [5.74, 6) is -1.23. The van der Waals surface area contributed by atoms with Crippen LogP contribution >= 0.6 is 0 Å². The number of sulfone groups is 1. The molecular formula is C26H29N2O8S+. The maximum absolute atomic E-state index is 14.0. The molecule has 196 valence electrons. The van der Waals surface area contributed by atoms with Crippen LogP contribution in [0.4, 0.5) is 0 Å². The lowest BCUT2D eigenvalue weighted by Crippen LogP contribution is -2.55. The monoisotopic (exact) mass is 529 g/mol. The third-order valence-corrected chi connectivity index (χ3v) is 7.53. The zero-order chi connectivity index (χ0) is 27.0. The molecule has 0 bridgehead atoms. The number of methoxy groups -OCH3 is 1. The summed E-state index contributed by atoms with van der Waals surface area (Å²) in [4.78, 5) is 40.5. The van der Waals surface area contributed by atoms with Gasteiger partial charge in [-0.3, -0.25) is 4.79 Å². The largest absolute Gasteiger partial charge is 0.493 e. The topological polar surface area (TPSA) is 129 Å². The number of benzene rings is 1. The fourth-order valence-corrected chi connectivity index (χ4v) is 5.88. The van der Waals surface area contributed by atoms with Gasteiger partial charge in [0.2, 0.25) is 0 Å². The third kappa shape index (κ3) is 4.84. The molecule has 37 heavy (non-hydrogen) atoms. The number of nitrogens with one attached hydrogen (secondary N) is 1. The smallest absolute Gasteiger partial charge is 0.354 e. The number of hydrogen-bond acceptors (Lipinski definition) is 8. The van der Waals surface area contributed by atoms with Gasteiger partial charge in [-0.1, -0.05) is 6.08 Å². The number of ether oxygens (including phenoxy) is 2. The van der Waals surface area contributed by atoms with Gasteiger partial charge in [0.1, 0.15) is 11.8 Å². The molecule has 0 spiro atoms. The Bertz CT molecular complexity index is 1410. The lowest BCUT2D eigenvalue weighted by Gasteiger charge is -2.34. The molecule has 11 heteroatoms. The predicted octanol–water partition coefficient (Wildman–Crippen LogP) is 2.34. The molecule has 1 aromatic heterocycles. The molecule has 1 aromatic carbocycles. The van der Waals surface area contributed by atoms with E-state index in [2.05, 4.69) is 5.32 Å². The van der Waals surface area contributed by atoms with E-state index in [0.717, 1.165) is 6.26 Å². The molecule has 2 aromatic rings. The van der Waals surface area contributed by atoms with E-state index in [1.165, 1.54) is 26.5 Å². The van der Waals surface area contributed by atoms with E-state index < -0.39 is 49.9 Å². The average molecular weight is 530 g/mol. The predicted molar refractivity (Wildman–Crippen MR) is 134 cm³/mol. The summed E-state index contributed by atoms with van der Waals surface area (Å²) in [6.07, 6.45) is 5.98. The summed E-state index contributed by atoms with van der Waals surface area (Å²) in [6.45, 7) is 2.13. The summed E-state index contributed by atoms with van der Waals surface area (Å²) in [5.41, 5.74) is 0.728. The third-order valence-electron chi connectivity index (χ3n) is 6.61. The number of carbonyl (C=O) groups is 3. The molecule has 1 aliphatic heterocycles. The normalized spacial score (nSPS) is 22.1. The molecule has 3 atom stereocenters. The highest BCUT2D eigenvalue weighted by atomic mass is 32.2. The van der Waals surface area contributed by atoms with Crippen LogP contribution in [0.25, 0.3) is 0 Å². The molecule has 3 amide bonds. The van der Waals surface area contributed by atoms with Gasteiger partial charge in [-0.05, 0) is 49.8 Å². The van der Waals surface area contributed by atoms with E-state index >= 15 is 0 Å². The van der Waals surface area contributed by atoms with Crippen molar-refractivity contribution in [3.8, 4) is 11.5 Å². The van der Waals surface area contributed by atoms with Crippen molar-refractivity contribution < 1.29 is 41.2 Å². The molecule has 3 unspecified atom stereocenters. The lowest BCUT2D eigenvalue weighted by molar-refractivity contribution is -0.781. The second-order valence-electron chi connectivity index (χ2n) is 9.11. The lowest BCUT2D eigenvalue weighted by atomic mass is 9.94. The Balaban J connectivity index is 1.77. The zero-order valence-electron chi connectivity index (χ0n) is 21.0. The van der Waals surface area contributed by atoms with Crippen molar-refractivity contribution in [1.82, 2.24) is 5.32 Å². The van der Waals surface area contributed by atoms with Crippen molar-refractivity contribution in [2.45, 2.75) is 25.4 Å². The Morgan fingerprint density at radius 3 is 2.59 bits per heavy atom. The van der Waals surface area contributed by atoms with Crippen LogP contribution in [-0.2, 0) is 19.4 Å². The molecule has 1 N–H and O–H groups in total. The van der Waals surface area contributed by atoms with Crippen LogP contribution in [0, 0.1) is 0 Å². The van der Waals surface area contributed by atoms with Gasteiger partial charge in [-0.15, -0.1) is 0 Å². The van der Waals surface area contributed by atoms with Gasteiger partial charge in [0.05, 0.1) is 44.2 Å². The molecule has 0 radical (unpaired) electrons. The summed E-state index contributed by atoms with van der Waals surface area (Å²) >= 11 is 0. The van der Waals surface area contributed by atoms with Gasteiger partial charge in [-0.2, -0.15) is 4.48 Å². The minimum Gasteiger partial charge on any atom is -0.493 e. The van der Waals surface area contributed by atoms with Gasteiger partial charge in [0.15, 0.2) is 27.1 Å². The first-order chi connectivity index (χ1) is 17.5. The van der Waals surface area contributed by atoms with Gasteiger partial charge in [0, 0.05) is 11.8 Å². The molecule has 0 saturated heterocycles. The molecule has 2 heterocycles. The van der Waals surface area contributed by atoms with Gasteiger partial charge < -0.3 is 19.2 Å². The maximum atomic E-state index is 14.0. The number of carbonyl (C=O) groups excluding carboxylic acids is 3. The van der Waals surface area contributed by atoms with E-state index in [4.69, 9.17) is 13.9 Å². The van der Waals surface area contributed by atoms with Crippen molar-refractivity contribution in [2.24, 2.45) is 0 Å². The SMILES string of the molecule is CCOc1cc(C(CS(C)(=O)=O)[N+]2(C)C(=O)C3=C(C2=O)C(NC(=O)c2ccco2)CC=C3)ccc1OC. The molecule has 10 nitrogen and oxygen atoms in total. The summed E-state index contributed by atoms with van der Waals surface area (Å²) in [7, 11) is -0.741. The molecule has 0 fully saturated rings. The summed E-state index contributed by atoms with van der Waals surface area (Å²) < 4.78 is 40.4. The number of rotatable bonds is 9. The van der Waals surface area contributed by atoms with Crippen molar-refractivity contribution in [3.63, 3.8) is 0 Å². The minimum absolute atomic E-state index is 0.0716. The Morgan fingerprint density at radius 2 is 1.97 bits per heavy atom. The second-order valence-corrected chi connectivity index (χ2v) is 11.3. The van der Waals surface area contributed by atoms with Crippen molar-refractivity contribution >= 4 is 27.6 Å². The van der Waals surface area contributed by atoms with Crippen molar-refractivity contribution in [2.75, 3.05) is 32.8 Å². The quantitative estimate of drug-likeness (QED) is 0.387. The van der Waals surface area contributed by atoms with Crippen LogP contribution in [-0.4, -0.2) is 69.4 Å². The number of nitrogens with zero attached hydrogens (tertiary/aromatic N) is 1. The van der Waals surface area contributed by atoms with Gasteiger partial charge in [0.25, 0.3) is 5.91 Å². The van der Waals surface area contributed by atoms with Crippen LogP contribution in [0.1, 0.15) is 35.5 Å². The minimum atomic E-state index is -3.64. The summed E-state index contributed by atoms with van der Waals surface area (Å²) in [5, 5.41) is 2.77. The Morgan fingerprint density at radius 1 is 1.22 bits per heavy atom. The Hall–Kier alpha value is -3.70. The highest BCUT2D eigenvalue weighted by Crippen LogP contribution is 2.43. The maximum Gasteiger partial charge on any atom is 0.354 e. The number of hydrogen-bond donors (Lipinski definition) is 1. The number of likely N-dealkylation sites (N-methyl/N-ethyl adjacent to an activating group) is 1. The highest BCUT2D eigenvalue weighted by molar-refractivity contribution is 7.90. The van der Waals surface area contributed by atoms with Crippen LogP contribution in [0.2, 0.25) is 0 Å². The number of quaternary nitrogens is 1. The van der Waals surface area contributed by atoms with Crippen LogP contribution in [0.5, 0.6) is 11.5 Å². The van der Waals surface area contributed by atoms with E-state index in [1.54, 1.807) is 43.3 Å². The molecule has 1 aliphatic carbocycles. The van der Waals surface area contributed by atoms with Gasteiger partial charge in [-0.25, -0.2) is 18.0 Å². The second kappa shape index (κ2) is 9.98. The number of furan rings is 1. The standard InChI is InChI=1S/C26H28N2O8S/c1-5-35-22-14-16(11-12-20(22)34-3)19(15-37(4,32)33)28(2)25(30)17-8-6-9-18(23(17)26(28)31)27-24(29)21-10-7-13-36-21/h6-8,10-14,18-19H,5,9,15H2,1-4H3/p+1. The van der Waals surface area contributed by atoms with E-state index in [0.29, 0.717) is 23.7 Å². The first kappa shape index (κ1) is 26.4. The Labute approximate surface area is 215 Å². The molecule has 4 rings (SSSR count). The van der Waals surface area contributed by atoms with Crippen molar-refractivity contribution in [1.29, 1.82) is 0 Å². The van der Waals surface area contributed by atoms with Crippen LogP contribution in [0.3, 0.4) is 0 Å². The van der Waals surface area contributed by atoms with Crippen LogP contribution < -0.4 is 14.8 Å². The number of imide groups is 1. The fraction of sp³-hybridized carbons (Fsp3) is 0.346. The number of amides is 3. The molecular weight excluding hydrogens is 500 g/mol. The molecule has 2 aliphatic rings. The first-order valence-electron chi connectivity index (χ1n) is 11.7. The van der Waals surface area contributed by atoms with Gasteiger partial charge >= 0.3 is 11.8 Å². The van der Waals surface area contributed by atoms with E-state index in [1.807, 2.05) is 0 Å². The fourth-order valence-electron chi connectivity index (χ4n) is 4.81. The van der Waals surface area contributed by atoms with E-state index in [-0.39, 0.29) is 23.3 Å². The first-order valence-corrected chi connectivity index (χ1v) is 13.8. The summed E-state index contributed by atoms with van der Waals surface area (Å²) in [6, 6.07) is 6.07. The zero-order valence-corrected chi connectivity index (χ0v) is 21.8. The van der Waals surface area contributed by atoms with Crippen LogP contribution in [0.15, 0.2) is 64.3 Å². The highest BCUT2D eigenvalue weighted by Gasteiger charge is 2.59. The average Bonchev–Trinajstić information content (AvgIpc) is 3.46. The van der Waals surface area contributed by atoms with Crippen molar-refractivity contribution in [3.05, 3.63) is 71.2 Å². The van der Waals surface area contributed by atoms with E-state index in [9.17, 15) is 22.8 Å². The Kier molecular flexibility index (Phi) is 7.11. The molecule has 0 saturated carbocycles.